The molecular weight excluding hydrogens is 288 g/mol. The lowest BCUT2D eigenvalue weighted by Gasteiger charge is -2.18. The van der Waals surface area contributed by atoms with E-state index in [0.717, 1.165) is 25.3 Å². The van der Waals surface area contributed by atoms with E-state index in [1.165, 1.54) is 5.56 Å². The van der Waals surface area contributed by atoms with Crippen LogP contribution in [0.5, 0.6) is 5.75 Å². The summed E-state index contributed by atoms with van der Waals surface area (Å²) in [4.78, 5) is 14.7. The van der Waals surface area contributed by atoms with Gasteiger partial charge in [0, 0.05) is 17.8 Å². The molecule has 0 saturated heterocycles. The van der Waals surface area contributed by atoms with Crippen molar-refractivity contribution in [2.24, 2.45) is 0 Å². The van der Waals surface area contributed by atoms with E-state index in [9.17, 15) is 4.79 Å². The summed E-state index contributed by atoms with van der Waals surface area (Å²) in [5.74, 6) is 0.539. The molecule has 0 atom stereocenters. The Balaban J connectivity index is 2.08. The Bertz CT molecular complexity index is 651. The molecule has 0 aliphatic rings. The fraction of sp³-hybridized carbons (Fsp3) is 0.316. The number of nitrogens with one attached hydrogen (secondary N) is 1. The van der Waals surface area contributed by atoms with Gasteiger partial charge in [0.05, 0.1) is 7.11 Å². The molecule has 0 aliphatic heterocycles. The van der Waals surface area contributed by atoms with Crippen molar-refractivity contribution in [3.8, 4) is 5.75 Å². The minimum absolute atomic E-state index is 0.135. The Morgan fingerprint density at radius 1 is 1.09 bits per heavy atom. The number of hydrogen-bond donors (Lipinski definition) is 1. The molecule has 0 aromatic heterocycles. The molecular formula is C19H24N2O2. The first-order valence-electron chi connectivity index (χ1n) is 7.93. The van der Waals surface area contributed by atoms with E-state index in [1.54, 1.807) is 19.2 Å². The summed E-state index contributed by atoms with van der Waals surface area (Å²) in [6.45, 7) is 7.21. The quantitative estimate of drug-likeness (QED) is 0.846. The fourth-order valence-corrected chi connectivity index (χ4v) is 2.42. The Hall–Kier alpha value is -2.33. The molecule has 0 heterocycles. The van der Waals surface area contributed by atoms with E-state index >= 15 is 0 Å². The van der Waals surface area contributed by atoms with Crippen molar-refractivity contribution in [3.05, 3.63) is 59.7 Å². The second-order valence-corrected chi connectivity index (χ2v) is 5.35. The summed E-state index contributed by atoms with van der Waals surface area (Å²) in [5, 5.41) is 2.95. The average Bonchev–Trinajstić information content (AvgIpc) is 2.60. The van der Waals surface area contributed by atoms with Crippen molar-refractivity contribution in [2.75, 3.05) is 25.5 Å². The first-order valence-corrected chi connectivity index (χ1v) is 7.93. The van der Waals surface area contributed by atoms with Crippen molar-refractivity contribution in [1.82, 2.24) is 4.90 Å². The van der Waals surface area contributed by atoms with Crippen LogP contribution in [0.15, 0.2) is 48.5 Å². The number of ether oxygens (including phenoxy) is 1. The molecule has 4 heteroatoms. The molecule has 0 saturated carbocycles. The lowest BCUT2D eigenvalue weighted by atomic mass is 10.1. The van der Waals surface area contributed by atoms with Gasteiger partial charge in [-0.15, -0.1) is 0 Å². The van der Waals surface area contributed by atoms with Crippen LogP contribution in [-0.4, -0.2) is 31.0 Å². The number of carbonyl (C=O) groups is 1. The third kappa shape index (κ3) is 4.83. The highest BCUT2D eigenvalue weighted by Crippen LogP contribution is 2.16. The summed E-state index contributed by atoms with van der Waals surface area (Å²) >= 11 is 0. The zero-order valence-electron chi connectivity index (χ0n) is 14.0. The summed E-state index contributed by atoms with van der Waals surface area (Å²) in [5.41, 5.74) is 2.58. The molecule has 1 N–H and O–H groups in total. The van der Waals surface area contributed by atoms with E-state index in [1.807, 2.05) is 30.3 Å². The maximum atomic E-state index is 12.4. The summed E-state index contributed by atoms with van der Waals surface area (Å²) in [6, 6.07) is 15.1. The van der Waals surface area contributed by atoms with E-state index in [4.69, 9.17) is 4.74 Å². The molecule has 0 bridgehead atoms. The number of amides is 1. The Morgan fingerprint density at radius 2 is 1.83 bits per heavy atom. The van der Waals surface area contributed by atoms with Gasteiger partial charge in [-0.25, -0.2) is 0 Å². The summed E-state index contributed by atoms with van der Waals surface area (Å²) in [7, 11) is 1.59. The highest BCUT2D eigenvalue weighted by Gasteiger charge is 2.08. The Labute approximate surface area is 138 Å². The van der Waals surface area contributed by atoms with Gasteiger partial charge in [-0.3, -0.25) is 9.69 Å². The first kappa shape index (κ1) is 17.0. The van der Waals surface area contributed by atoms with Gasteiger partial charge in [0.1, 0.15) is 5.75 Å². The third-order valence-corrected chi connectivity index (χ3v) is 3.82. The summed E-state index contributed by atoms with van der Waals surface area (Å²) in [6.07, 6.45) is 0. The van der Waals surface area contributed by atoms with Gasteiger partial charge in [-0.2, -0.15) is 0 Å². The van der Waals surface area contributed by atoms with Crippen molar-refractivity contribution < 1.29 is 9.53 Å². The molecule has 1 amide bonds. The molecule has 2 aromatic rings. The standard InChI is InChI=1S/C19H24N2O2/c1-4-21(5-2)14-15-8-6-10-17(12-15)20-19(22)16-9-7-11-18(13-16)23-3/h6-13H,4-5,14H2,1-3H3,(H,20,22). The topological polar surface area (TPSA) is 41.6 Å². The zero-order valence-corrected chi connectivity index (χ0v) is 14.0. The largest absolute Gasteiger partial charge is 0.497 e. The number of rotatable bonds is 7. The molecule has 2 aromatic carbocycles. The van der Waals surface area contributed by atoms with Crippen LogP contribution in [0.1, 0.15) is 29.8 Å². The second-order valence-electron chi connectivity index (χ2n) is 5.35. The number of benzene rings is 2. The van der Waals surface area contributed by atoms with Gasteiger partial charge in [-0.1, -0.05) is 32.0 Å². The van der Waals surface area contributed by atoms with Crippen LogP contribution in [0.4, 0.5) is 5.69 Å². The lowest BCUT2D eigenvalue weighted by molar-refractivity contribution is 0.102. The van der Waals surface area contributed by atoms with Crippen LogP contribution < -0.4 is 10.1 Å². The molecule has 0 fully saturated rings. The van der Waals surface area contributed by atoms with Crippen molar-refractivity contribution in [3.63, 3.8) is 0 Å². The van der Waals surface area contributed by atoms with Crippen LogP contribution in [0.25, 0.3) is 0 Å². The predicted octanol–water partition coefficient (Wildman–Crippen LogP) is 3.79. The number of hydrogen-bond acceptors (Lipinski definition) is 3. The minimum atomic E-state index is -0.135. The van der Waals surface area contributed by atoms with Gasteiger partial charge < -0.3 is 10.1 Å². The number of anilines is 1. The maximum absolute atomic E-state index is 12.4. The molecule has 4 nitrogen and oxygen atoms in total. The van der Waals surface area contributed by atoms with Gasteiger partial charge in [0.15, 0.2) is 0 Å². The number of carbonyl (C=O) groups excluding carboxylic acids is 1. The third-order valence-electron chi connectivity index (χ3n) is 3.82. The zero-order chi connectivity index (χ0) is 16.7. The highest BCUT2D eigenvalue weighted by molar-refractivity contribution is 6.04. The molecule has 0 spiro atoms. The van der Waals surface area contributed by atoms with Crippen molar-refractivity contribution >= 4 is 11.6 Å². The SMILES string of the molecule is CCN(CC)Cc1cccc(NC(=O)c2cccc(OC)c2)c1. The molecule has 0 radical (unpaired) electrons. The van der Waals surface area contributed by atoms with Crippen LogP contribution in [0.3, 0.4) is 0 Å². The van der Waals surface area contributed by atoms with Gasteiger partial charge in [-0.05, 0) is 49.0 Å². The van der Waals surface area contributed by atoms with Crippen molar-refractivity contribution in [1.29, 1.82) is 0 Å². The molecule has 23 heavy (non-hydrogen) atoms. The highest BCUT2D eigenvalue weighted by atomic mass is 16.5. The van der Waals surface area contributed by atoms with Crippen molar-refractivity contribution in [2.45, 2.75) is 20.4 Å². The van der Waals surface area contributed by atoms with Crippen LogP contribution in [0, 0.1) is 0 Å². The predicted molar refractivity (Wildman–Crippen MR) is 94.0 cm³/mol. The molecule has 2 rings (SSSR count). The van der Waals surface area contributed by atoms with Gasteiger partial charge in [0.25, 0.3) is 5.91 Å². The van der Waals surface area contributed by atoms with Gasteiger partial charge >= 0.3 is 0 Å². The maximum Gasteiger partial charge on any atom is 0.255 e. The Kier molecular flexibility index (Phi) is 6.18. The number of nitrogens with zero attached hydrogens (tertiary/aromatic N) is 1. The van der Waals surface area contributed by atoms with E-state index < -0.39 is 0 Å². The molecule has 122 valence electrons. The monoisotopic (exact) mass is 312 g/mol. The second kappa shape index (κ2) is 8.34. The van der Waals surface area contributed by atoms with E-state index in [-0.39, 0.29) is 5.91 Å². The molecule has 0 unspecified atom stereocenters. The molecule has 0 aliphatic carbocycles. The summed E-state index contributed by atoms with van der Waals surface area (Å²) < 4.78 is 5.16. The lowest BCUT2D eigenvalue weighted by Crippen LogP contribution is -2.22. The average molecular weight is 312 g/mol. The smallest absolute Gasteiger partial charge is 0.255 e. The minimum Gasteiger partial charge on any atom is -0.497 e. The van der Waals surface area contributed by atoms with E-state index in [0.29, 0.717) is 11.3 Å². The van der Waals surface area contributed by atoms with Crippen LogP contribution in [-0.2, 0) is 6.54 Å². The van der Waals surface area contributed by atoms with Gasteiger partial charge in [0.2, 0.25) is 0 Å². The van der Waals surface area contributed by atoms with Crippen LogP contribution in [0.2, 0.25) is 0 Å². The van der Waals surface area contributed by atoms with Crippen LogP contribution >= 0.6 is 0 Å². The Morgan fingerprint density at radius 3 is 2.52 bits per heavy atom. The normalized spacial score (nSPS) is 10.6. The first-order chi connectivity index (χ1) is 11.2. The van der Waals surface area contributed by atoms with E-state index in [2.05, 4.69) is 30.1 Å². The number of methoxy groups -OCH3 is 1. The fourth-order valence-electron chi connectivity index (χ4n) is 2.42.